The Morgan fingerprint density at radius 3 is 1.94 bits per heavy atom. The molecule has 3 aliphatic heterocycles. The van der Waals surface area contributed by atoms with Crippen LogP contribution in [-0.2, 0) is 44.6 Å². The zero-order valence-corrected chi connectivity index (χ0v) is 36.8. The monoisotopic (exact) mass is 891 g/mol. The van der Waals surface area contributed by atoms with Gasteiger partial charge in [-0.3, -0.25) is 28.9 Å². The lowest BCUT2D eigenvalue weighted by molar-refractivity contribution is -0.148. The maximum Gasteiger partial charge on any atom is 0.321 e. The molecule has 3 aliphatic rings. The largest absolute Gasteiger partial charge is 0.497 e. The van der Waals surface area contributed by atoms with Crippen LogP contribution in [0.3, 0.4) is 0 Å². The molecule has 1 aromatic heterocycles. The van der Waals surface area contributed by atoms with E-state index in [1.807, 2.05) is 67.6 Å². The number of thiocarbonyl (C=S) groups is 3. The van der Waals surface area contributed by atoms with Crippen LogP contribution < -0.4 is 4.74 Å². The summed E-state index contributed by atoms with van der Waals surface area (Å²) >= 11 is 14.8. The van der Waals surface area contributed by atoms with E-state index in [1.54, 1.807) is 43.5 Å². The van der Waals surface area contributed by atoms with Gasteiger partial charge in [-0.05, 0) is 127 Å². The second kappa shape index (κ2) is 20.3. The number of imide groups is 1. The van der Waals surface area contributed by atoms with Gasteiger partial charge in [0.2, 0.25) is 5.91 Å². The van der Waals surface area contributed by atoms with Gasteiger partial charge in [-0.15, -0.1) is 5.06 Å². The zero-order chi connectivity index (χ0) is 44.5. The number of fused-ring (bicyclic) bond motifs is 3. The standard InChI is InChI=1S/C18H13NO3S.C15H17NO3S.C13H11NO4S/c1-2-19-17(20)16(22-18(19)23)10-11-7-8-15-13(9-11)12-5-3-4-6-14(12)21-15;1-3-4-7-11-8-5-6-9-12(11)10-13-14(17)16(18-2)15(20)19-13;1-8(15)14-12(16)11(18-13(14)19)7-9-3-5-10(17-2)6-4-9/h3-10H,2H2,1H3;5-6,8-10H,3-4,7H2,1-2H3;3-7H,1-2H3/b16-10+;13-10+;11-7+. The van der Waals surface area contributed by atoms with Gasteiger partial charge in [-0.2, -0.15) is 0 Å². The number of unbranched alkanes of at least 4 members (excludes halogenated alkanes) is 1. The van der Waals surface area contributed by atoms with Crippen LogP contribution in [0.4, 0.5) is 0 Å². The Morgan fingerprint density at radius 2 is 1.29 bits per heavy atom. The van der Waals surface area contributed by atoms with Crippen molar-refractivity contribution in [2.24, 2.45) is 0 Å². The summed E-state index contributed by atoms with van der Waals surface area (Å²) in [5.41, 5.74) is 5.45. The molecule has 0 aliphatic carbocycles. The predicted molar refractivity (Wildman–Crippen MR) is 246 cm³/mol. The fourth-order valence-electron chi connectivity index (χ4n) is 6.37. The molecule has 0 atom stereocenters. The lowest BCUT2D eigenvalue weighted by Crippen LogP contribution is -2.32. The van der Waals surface area contributed by atoms with Crippen LogP contribution >= 0.6 is 36.7 Å². The molecule has 0 bridgehead atoms. The first-order valence-electron chi connectivity index (χ1n) is 19.4. The van der Waals surface area contributed by atoms with Gasteiger partial charge in [0, 0.05) is 24.2 Å². The van der Waals surface area contributed by atoms with Crippen LogP contribution in [0.15, 0.2) is 113 Å². The van der Waals surface area contributed by atoms with E-state index in [-0.39, 0.29) is 44.6 Å². The number of furan rings is 1. The number of likely N-dealkylation sites (N-methyl/N-ethyl adjacent to an activating group) is 1. The number of carbonyl (C=O) groups excluding carboxylic acids is 4. The number of aryl methyl sites for hydroxylation is 1. The van der Waals surface area contributed by atoms with Gasteiger partial charge in [0.25, 0.3) is 21.4 Å². The number of hydrogen-bond acceptors (Lipinski definition) is 13. The molecule has 8 rings (SSSR count). The molecule has 4 heterocycles. The fraction of sp³-hybridized carbons (Fsp3) is 0.196. The molecule has 3 saturated heterocycles. The van der Waals surface area contributed by atoms with E-state index in [9.17, 15) is 19.2 Å². The number of hydroxylamine groups is 2. The summed E-state index contributed by atoms with van der Waals surface area (Å²) < 4.78 is 26.7. The number of methoxy groups -OCH3 is 1. The number of benzene rings is 4. The molecule has 16 heteroatoms. The van der Waals surface area contributed by atoms with E-state index in [0.717, 1.165) is 67.9 Å². The molecule has 5 aromatic rings. The van der Waals surface area contributed by atoms with Crippen LogP contribution in [-0.4, -0.2) is 74.8 Å². The van der Waals surface area contributed by atoms with Gasteiger partial charge in [0.15, 0.2) is 17.3 Å². The molecule has 318 valence electrons. The Labute approximate surface area is 373 Å². The molecule has 62 heavy (non-hydrogen) atoms. The van der Waals surface area contributed by atoms with Crippen molar-refractivity contribution in [2.75, 3.05) is 20.8 Å². The molecule has 4 amide bonds. The summed E-state index contributed by atoms with van der Waals surface area (Å²) in [5.74, 6) is -0.393. The van der Waals surface area contributed by atoms with E-state index in [1.165, 1.54) is 30.6 Å². The van der Waals surface area contributed by atoms with Crippen LogP contribution in [0.5, 0.6) is 5.75 Å². The third-order valence-corrected chi connectivity index (χ3v) is 10.3. The highest BCUT2D eigenvalue weighted by molar-refractivity contribution is 7.80. The SMILES string of the molecule is CCCCc1ccccc1/C=C1/OC(=S)N(OC)C1=O.CCN1C(=O)/C(=C\c2ccc3oc4ccccc4c3c2)OC1=S.COc1ccc(/C=C2/OC(=S)N(C(C)=O)C2=O)cc1. The third-order valence-electron chi connectivity index (χ3n) is 9.49. The first-order valence-corrected chi connectivity index (χ1v) is 20.6. The molecule has 0 radical (unpaired) electrons. The van der Waals surface area contributed by atoms with E-state index in [2.05, 4.69) is 13.0 Å². The molecule has 0 saturated carbocycles. The normalized spacial score (nSPS) is 16.8. The van der Waals surface area contributed by atoms with E-state index in [4.69, 9.17) is 64.9 Å². The van der Waals surface area contributed by atoms with Crippen molar-refractivity contribution in [3.8, 4) is 5.75 Å². The Hall–Kier alpha value is -6.59. The van der Waals surface area contributed by atoms with Crippen LogP contribution in [0.1, 0.15) is 55.9 Å². The Morgan fingerprint density at radius 1 is 0.677 bits per heavy atom. The molecular weight excluding hydrogens is 851 g/mol. The Bertz CT molecular complexity index is 2690. The van der Waals surface area contributed by atoms with Crippen molar-refractivity contribution >= 4 is 116 Å². The number of hydrogen-bond donors (Lipinski definition) is 0. The molecule has 0 N–H and O–H groups in total. The van der Waals surface area contributed by atoms with Crippen molar-refractivity contribution in [3.05, 3.63) is 131 Å². The van der Waals surface area contributed by atoms with Crippen molar-refractivity contribution in [2.45, 2.75) is 40.0 Å². The van der Waals surface area contributed by atoms with Gasteiger partial charge in [-0.25, -0.2) is 4.90 Å². The Kier molecular flexibility index (Phi) is 14.7. The maximum atomic E-state index is 12.2. The van der Waals surface area contributed by atoms with Gasteiger partial charge in [0.05, 0.1) is 14.2 Å². The van der Waals surface area contributed by atoms with Crippen molar-refractivity contribution < 1.29 is 47.4 Å². The van der Waals surface area contributed by atoms with Crippen molar-refractivity contribution in [3.63, 3.8) is 0 Å². The van der Waals surface area contributed by atoms with E-state index >= 15 is 0 Å². The summed E-state index contributed by atoms with van der Waals surface area (Å²) in [6.07, 6.45) is 8.17. The van der Waals surface area contributed by atoms with Crippen LogP contribution in [0, 0.1) is 0 Å². The highest BCUT2D eigenvalue weighted by Crippen LogP contribution is 2.31. The second-order valence-electron chi connectivity index (χ2n) is 13.6. The molecule has 13 nitrogen and oxygen atoms in total. The molecule has 0 unspecified atom stereocenters. The average molecular weight is 892 g/mol. The van der Waals surface area contributed by atoms with Gasteiger partial charge in [0.1, 0.15) is 16.9 Å². The maximum absolute atomic E-state index is 12.2. The first-order chi connectivity index (χ1) is 29.9. The lowest BCUT2D eigenvalue weighted by atomic mass is 10.0. The number of nitrogens with zero attached hydrogens (tertiary/aromatic N) is 3. The fourth-order valence-corrected chi connectivity index (χ4v) is 7.22. The molecule has 3 fully saturated rings. The van der Waals surface area contributed by atoms with Crippen LogP contribution in [0.25, 0.3) is 40.2 Å². The van der Waals surface area contributed by atoms with E-state index < -0.39 is 11.8 Å². The zero-order valence-electron chi connectivity index (χ0n) is 34.4. The minimum Gasteiger partial charge on any atom is -0.497 e. The second-order valence-corrected chi connectivity index (χ2v) is 14.6. The van der Waals surface area contributed by atoms with Crippen molar-refractivity contribution in [1.29, 1.82) is 0 Å². The first kappa shape index (κ1) is 44.9. The quantitative estimate of drug-likeness (QED) is 0.103. The predicted octanol–water partition coefficient (Wildman–Crippen LogP) is 8.89. The smallest absolute Gasteiger partial charge is 0.321 e. The number of carbonyl (C=O) groups is 4. The highest BCUT2D eigenvalue weighted by Gasteiger charge is 2.37. The van der Waals surface area contributed by atoms with Gasteiger partial charge in [-0.1, -0.05) is 74.0 Å². The average Bonchev–Trinajstić information content (AvgIpc) is 3.95. The number of ether oxygens (including phenoxy) is 4. The summed E-state index contributed by atoms with van der Waals surface area (Å²) in [6, 6.07) is 28.7. The summed E-state index contributed by atoms with van der Waals surface area (Å²) in [4.78, 5) is 54.5. The minimum absolute atomic E-state index is 0.0230. The lowest BCUT2D eigenvalue weighted by Gasteiger charge is -2.06. The number of para-hydroxylation sites is 1. The van der Waals surface area contributed by atoms with Gasteiger partial charge < -0.3 is 23.4 Å². The third kappa shape index (κ3) is 10.1. The highest BCUT2D eigenvalue weighted by atomic mass is 32.1. The number of rotatable bonds is 9. The summed E-state index contributed by atoms with van der Waals surface area (Å²) in [6.45, 7) is 5.77. The Balaban J connectivity index is 0.000000156. The van der Waals surface area contributed by atoms with Gasteiger partial charge >= 0.3 is 11.8 Å². The summed E-state index contributed by atoms with van der Waals surface area (Å²) in [7, 11) is 2.95. The van der Waals surface area contributed by atoms with Crippen LogP contribution in [0.2, 0.25) is 0 Å². The number of amides is 4. The van der Waals surface area contributed by atoms with E-state index in [0.29, 0.717) is 12.3 Å². The topological polar surface area (TPSA) is 137 Å². The van der Waals surface area contributed by atoms with Crippen molar-refractivity contribution in [1.82, 2.24) is 14.9 Å². The molecule has 4 aromatic carbocycles. The summed E-state index contributed by atoms with van der Waals surface area (Å²) in [5, 5.41) is 3.11. The molecule has 0 spiro atoms. The molecular formula is C46H41N3O10S3. The minimum atomic E-state index is -0.548.